The Balaban J connectivity index is 1.97. The Morgan fingerprint density at radius 2 is 1.84 bits per heavy atom. The Labute approximate surface area is 149 Å². The zero-order valence-corrected chi connectivity index (χ0v) is 15.6. The SMILES string of the molecule is Cc1cccc(CCCNC(=O)c2ccccc2N(C)S(C)(=O)=O)c1. The zero-order valence-electron chi connectivity index (χ0n) is 14.8. The van der Waals surface area contributed by atoms with Crippen LogP contribution in [-0.4, -0.2) is 34.2 Å². The van der Waals surface area contributed by atoms with Gasteiger partial charge in [-0.3, -0.25) is 9.10 Å². The monoisotopic (exact) mass is 360 g/mol. The van der Waals surface area contributed by atoms with E-state index in [2.05, 4.69) is 30.4 Å². The fourth-order valence-corrected chi connectivity index (χ4v) is 3.09. The van der Waals surface area contributed by atoms with Crippen LogP contribution in [0.15, 0.2) is 48.5 Å². The molecule has 0 heterocycles. The van der Waals surface area contributed by atoms with Crippen molar-refractivity contribution in [1.29, 1.82) is 0 Å². The minimum Gasteiger partial charge on any atom is -0.352 e. The number of carbonyl (C=O) groups is 1. The van der Waals surface area contributed by atoms with Crippen LogP contribution in [0.5, 0.6) is 0 Å². The molecule has 2 aromatic carbocycles. The van der Waals surface area contributed by atoms with Crippen LogP contribution in [0.25, 0.3) is 0 Å². The van der Waals surface area contributed by atoms with Crippen LogP contribution in [0.3, 0.4) is 0 Å². The van der Waals surface area contributed by atoms with Crippen molar-refractivity contribution in [2.45, 2.75) is 19.8 Å². The molecule has 0 aliphatic carbocycles. The molecule has 0 aliphatic heterocycles. The molecule has 0 unspecified atom stereocenters. The van der Waals surface area contributed by atoms with Crippen LogP contribution in [0.4, 0.5) is 5.69 Å². The Hall–Kier alpha value is -2.34. The lowest BCUT2D eigenvalue weighted by Gasteiger charge is -2.19. The fraction of sp³-hybridized carbons (Fsp3) is 0.316. The summed E-state index contributed by atoms with van der Waals surface area (Å²) in [7, 11) is -1.98. The van der Waals surface area contributed by atoms with Gasteiger partial charge in [0.15, 0.2) is 0 Å². The second kappa shape index (κ2) is 8.16. The minimum absolute atomic E-state index is 0.268. The van der Waals surface area contributed by atoms with Gasteiger partial charge >= 0.3 is 0 Å². The maximum absolute atomic E-state index is 12.4. The van der Waals surface area contributed by atoms with E-state index in [4.69, 9.17) is 0 Å². The Bertz CT molecular complexity index is 847. The van der Waals surface area contributed by atoms with Crippen LogP contribution in [0.2, 0.25) is 0 Å². The summed E-state index contributed by atoms with van der Waals surface area (Å²) in [6.45, 7) is 2.59. The van der Waals surface area contributed by atoms with E-state index in [0.717, 1.165) is 23.4 Å². The Morgan fingerprint density at radius 1 is 1.12 bits per heavy atom. The van der Waals surface area contributed by atoms with Gasteiger partial charge in [0.25, 0.3) is 5.91 Å². The predicted octanol–water partition coefficient (Wildman–Crippen LogP) is 2.75. The third-order valence-corrected chi connectivity index (χ3v) is 5.19. The van der Waals surface area contributed by atoms with E-state index in [1.165, 1.54) is 18.2 Å². The second-order valence-electron chi connectivity index (χ2n) is 6.10. The molecule has 25 heavy (non-hydrogen) atoms. The van der Waals surface area contributed by atoms with Crippen LogP contribution in [0.1, 0.15) is 27.9 Å². The van der Waals surface area contributed by atoms with Crippen molar-refractivity contribution >= 4 is 21.6 Å². The van der Waals surface area contributed by atoms with Gasteiger partial charge in [-0.1, -0.05) is 42.0 Å². The number of rotatable bonds is 7. The summed E-state index contributed by atoms with van der Waals surface area (Å²) < 4.78 is 24.6. The van der Waals surface area contributed by atoms with Gasteiger partial charge in [-0.2, -0.15) is 0 Å². The number of nitrogens with zero attached hydrogens (tertiary/aromatic N) is 1. The van der Waals surface area contributed by atoms with Gasteiger partial charge in [0.2, 0.25) is 10.0 Å². The summed E-state index contributed by atoms with van der Waals surface area (Å²) in [6.07, 6.45) is 2.82. The van der Waals surface area contributed by atoms with Crippen molar-refractivity contribution in [3.8, 4) is 0 Å². The molecule has 0 aliphatic rings. The number of hydrogen-bond donors (Lipinski definition) is 1. The first-order valence-corrected chi connectivity index (χ1v) is 10.0. The largest absolute Gasteiger partial charge is 0.352 e. The maximum atomic E-state index is 12.4. The molecular weight excluding hydrogens is 336 g/mol. The Morgan fingerprint density at radius 3 is 2.52 bits per heavy atom. The highest BCUT2D eigenvalue weighted by molar-refractivity contribution is 7.92. The summed E-state index contributed by atoms with van der Waals surface area (Å²) in [5.41, 5.74) is 3.19. The summed E-state index contributed by atoms with van der Waals surface area (Å²) in [6, 6.07) is 15.0. The third-order valence-electron chi connectivity index (χ3n) is 4.00. The normalized spacial score (nSPS) is 11.2. The molecule has 0 saturated carbocycles. The van der Waals surface area contributed by atoms with Gasteiger partial charge in [0.05, 0.1) is 17.5 Å². The zero-order chi connectivity index (χ0) is 18.4. The van der Waals surface area contributed by atoms with E-state index >= 15 is 0 Å². The van der Waals surface area contributed by atoms with Crippen molar-refractivity contribution in [3.63, 3.8) is 0 Å². The number of anilines is 1. The first-order valence-electron chi connectivity index (χ1n) is 8.15. The number of amides is 1. The Kier molecular flexibility index (Phi) is 6.20. The lowest BCUT2D eigenvalue weighted by Crippen LogP contribution is -2.30. The quantitative estimate of drug-likeness (QED) is 0.772. The molecule has 2 aromatic rings. The average Bonchev–Trinajstić information content (AvgIpc) is 2.57. The molecule has 6 heteroatoms. The molecule has 0 bridgehead atoms. The number of nitrogens with one attached hydrogen (secondary N) is 1. The summed E-state index contributed by atoms with van der Waals surface area (Å²) >= 11 is 0. The molecule has 5 nitrogen and oxygen atoms in total. The fourth-order valence-electron chi connectivity index (χ4n) is 2.58. The van der Waals surface area contributed by atoms with Gasteiger partial charge in [-0.15, -0.1) is 0 Å². The number of sulfonamides is 1. The van der Waals surface area contributed by atoms with Crippen molar-refractivity contribution < 1.29 is 13.2 Å². The molecule has 0 aromatic heterocycles. The molecule has 0 radical (unpaired) electrons. The van der Waals surface area contributed by atoms with E-state index in [0.29, 0.717) is 17.8 Å². The lowest BCUT2D eigenvalue weighted by atomic mass is 10.1. The maximum Gasteiger partial charge on any atom is 0.253 e. The van der Waals surface area contributed by atoms with E-state index < -0.39 is 10.0 Å². The first kappa shape index (κ1) is 19.0. The van der Waals surface area contributed by atoms with Crippen molar-refractivity contribution in [2.75, 3.05) is 24.2 Å². The highest BCUT2D eigenvalue weighted by Crippen LogP contribution is 2.21. The van der Waals surface area contributed by atoms with E-state index in [1.54, 1.807) is 24.3 Å². The molecule has 134 valence electrons. The van der Waals surface area contributed by atoms with Crippen LogP contribution in [0, 0.1) is 6.92 Å². The minimum atomic E-state index is -3.42. The summed E-state index contributed by atoms with van der Waals surface area (Å²) in [4.78, 5) is 12.4. The van der Waals surface area contributed by atoms with Gasteiger partial charge < -0.3 is 5.32 Å². The van der Waals surface area contributed by atoms with E-state index in [1.807, 2.05) is 6.07 Å². The van der Waals surface area contributed by atoms with Gasteiger partial charge in [-0.25, -0.2) is 8.42 Å². The highest BCUT2D eigenvalue weighted by Gasteiger charge is 2.18. The number of hydrogen-bond acceptors (Lipinski definition) is 3. The van der Waals surface area contributed by atoms with Crippen LogP contribution < -0.4 is 9.62 Å². The summed E-state index contributed by atoms with van der Waals surface area (Å²) in [5.74, 6) is -0.268. The second-order valence-corrected chi connectivity index (χ2v) is 8.11. The predicted molar refractivity (Wildman–Crippen MR) is 102 cm³/mol. The van der Waals surface area contributed by atoms with E-state index in [9.17, 15) is 13.2 Å². The first-order chi connectivity index (χ1) is 11.8. The average molecular weight is 360 g/mol. The van der Waals surface area contributed by atoms with Crippen molar-refractivity contribution in [2.24, 2.45) is 0 Å². The van der Waals surface area contributed by atoms with Crippen molar-refractivity contribution in [1.82, 2.24) is 5.32 Å². The number of aryl methyl sites for hydroxylation is 2. The van der Waals surface area contributed by atoms with Gasteiger partial charge in [0.1, 0.15) is 0 Å². The molecule has 1 amide bonds. The molecule has 0 atom stereocenters. The lowest BCUT2D eigenvalue weighted by molar-refractivity contribution is 0.0954. The molecule has 0 spiro atoms. The topological polar surface area (TPSA) is 66.5 Å². The molecule has 1 N–H and O–H groups in total. The van der Waals surface area contributed by atoms with Gasteiger partial charge in [0, 0.05) is 13.6 Å². The smallest absolute Gasteiger partial charge is 0.253 e. The van der Waals surface area contributed by atoms with Crippen LogP contribution >= 0.6 is 0 Å². The standard InChI is InChI=1S/C19H24N2O3S/c1-15-8-6-9-16(14-15)10-7-13-20-19(22)17-11-4-5-12-18(17)21(2)25(3,23)24/h4-6,8-9,11-12,14H,7,10,13H2,1-3H3,(H,20,22). The van der Waals surface area contributed by atoms with E-state index in [-0.39, 0.29) is 5.91 Å². The number of benzene rings is 2. The molecule has 2 rings (SSSR count). The highest BCUT2D eigenvalue weighted by atomic mass is 32.2. The molecule has 0 fully saturated rings. The number of para-hydroxylation sites is 1. The summed E-state index contributed by atoms with van der Waals surface area (Å²) in [5, 5.41) is 2.87. The van der Waals surface area contributed by atoms with Crippen LogP contribution in [-0.2, 0) is 16.4 Å². The van der Waals surface area contributed by atoms with Crippen molar-refractivity contribution in [3.05, 3.63) is 65.2 Å². The molecular formula is C19H24N2O3S. The third kappa shape index (κ3) is 5.32. The van der Waals surface area contributed by atoms with Gasteiger partial charge in [-0.05, 0) is 37.5 Å². The molecule has 0 saturated heterocycles. The number of carbonyl (C=O) groups excluding carboxylic acids is 1.